The Morgan fingerprint density at radius 3 is 2.47 bits per heavy atom. The van der Waals surface area contributed by atoms with Gasteiger partial charge < -0.3 is 16.0 Å². The fraction of sp³-hybridized carbons (Fsp3) is 0.583. The maximum Gasteiger partial charge on any atom is 0.276 e. The number of nitrogens with one attached hydrogen (secondary N) is 1. The average molecular weight is 267 g/mol. The molecule has 1 heterocycles. The molecule has 106 valence electrons. The highest BCUT2D eigenvalue weighted by Crippen LogP contribution is 2.10. The van der Waals surface area contributed by atoms with Crippen molar-refractivity contribution in [1.29, 1.82) is 0 Å². The first-order valence-corrected chi connectivity index (χ1v) is 5.96. The number of nitrogens with two attached hydrogens (primary N) is 1. The number of rotatable bonds is 3. The molecule has 0 aliphatic rings. The highest BCUT2D eigenvalue weighted by Gasteiger charge is 2.22. The molecule has 7 nitrogen and oxygen atoms in total. The Morgan fingerprint density at radius 1 is 1.47 bits per heavy atom. The number of nitrogens with zero attached hydrogens (tertiary/aromatic N) is 3. The van der Waals surface area contributed by atoms with Crippen molar-refractivity contribution in [2.75, 3.05) is 19.3 Å². The van der Waals surface area contributed by atoms with Crippen LogP contribution in [0.15, 0.2) is 6.20 Å². The van der Waals surface area contributed by atoms with Gasteiger partial charge in [0.05, 0.1) is 12.2 Å². The van der Waals surface area contributed by atoms with Crippen LogP contribution in [0, 0.1) is 0 Å². The zero-order chi connectivity index (χ0) is 14.8. The van der Waals surface area contributed by atoms with Gasteiger partial charge in [-0.15, -0.1) is 0 Å². The number of aryl methyl sites for hydroxylation is 1. The van der Waals surface area contributed by atoms with Crippen molar-refractivity contribution < 1.29 is 9.59 Å². The molecule has 0 bridgehead atoms. The Kier molecular flexibility index (Phi) is 4.18. The Labute approximate surface area is 112 Å². The first kappa shape index (κ1) is 15.0. The van der Waals surface area contributed by atoms with E-state index in [2.05, 4.69) is 10.4 Å². The molecule has 2 amide bonds. The Morgan fingerprint density at radius 2 is 2.05 bits per heavy atom. The van der Waals surface area contributed by atoms with Gasteiger partial charge in [0.1, 0.15) is 0 Å². The van der Waals surface area contributed by atoms with E-state index in [4.69, 9.17) is 5.73 Å². The zero-order valence-electron chi connectivity index (χ0n) is 12.0. The van der Waals surface area contributed by atoms with Crippen LogP contribution >= 0.6 is 0 Å². The summed E-state index contributed by atoms with van der Waals surface area (Å²) < 4.78 is 1.46. The van der Waals surface area contributed by atoms with Gasteiger partial charge in [-0.1, -0.05) is 0 Å². The van der Waals surface area contributed by atoms with Crippen LogP contribution in [0.25, 0.3) is 0 Å². The van der Waals surface area contributed by atoms with Crippen molar-refractivity contribution in [3.05, 3.63) is 11.9 Å². The summed E-state index contributed by atoms with van der Waals surface area (Å²) in [4.78, 5) is 25.1. The molecule has 0 atom stereocenters. The molecule has 0 saturated heterocycles. The summed E-state index contributed by atoms with van der Waals surface area (Å²) in [7, 11) is 3.22. The normalized spacial score (nSPS) is 11.2. The quantitative estimate of drug-likeness (QED) is 0.805. The fourth-order valence-electron chi connectivity index (χ4n) is 1.60. The van der Waals surface area contributed by atoms with E-state index in [0.717, 1.165) is 0 Å². The molecular formula is C12H21N5O2. The first-order chi connectivity index (χ1) is 8.60. The molecule has 1 aromatic rings. The largest absolute Gasteiger partial charge is 0.396 e. The molecular weight excluding hydrogens is 246 g/mol. The van der Waals surface area contributed by atoms with Gasteiger partial charge in [-0.05, 0) is 20.8 Å². The lowest BCUT2D eigenvalue weighted by atomic mass is 10.1. The van der Waals surface area contributed by atoms with Crippen molar-refractivity contribution >= 4 is 17.5 Å². The summed E-state index contributed by atoms with van der Waals surface area (Å²) in [5, 5.41) is 6.77. The number of anilines is 1. The minimum Gasteiger partial charge on any atom is -0.396 e. The second kappa shape index (κ2) is 5.29. The fourth-order valence-corrected chi connectivity index (χ4v) is 1.60. The van der Waals surface area contributed by atoms with E-state index in [1.165, 1.54) is 9.58 Å². The molecule has 3 N–H and O–H groups in total. The molecule has 0 unspecified atom stereocenters. The second-order valence-corrected chi connectivity index (χ2v) is 5.57. The van der Waals surface area contributed by atoms with E-state index in [9.17, 15) is 9.59 Å². The van der Waals surface area contributed by atoms with E-state index in [1.54, 1.807) is 20.3 Å². The highest BCUT2D eigenvalue weighted by atomic mass is 16.2. The Hall–Kier alpha value is -2.05. The summed E-state index contributed by atoms with van der Waals surface area (Å²) in [6.07, 6.45) is 1.55. The highest BCUT2D eigenvalue weighted by molar-refractivity contribution is 5.98. The molecule has 0 aromatic carbocycles. The van der Waals surface area contributed by atoms with Gasteiger partial charge in [0.2, 0.25) is 5.91 Å². The minimum absolute atomic E-state index is 0.0356. The summed E-state index contributed by atoms with van der Waals surface area (Å²) in [6, 6.07) is 0. The van der Waals surface area contributed by atoms with Crippen molar-refractivity contribution in [2.24, 2.45) is 7.05 Å². The third kappa shape index (κ3) is 4.27. The third-order valence-corrected chi connectivity index (χ3v) is 2.30. The number of hydrogen-bond donors (Lipinski definition) is 2. The minimum atomic E-state index is -0.373. The topological polar surface area (TPSA) is 93.2 Å². The van der Waals surface area contributed by atoms with Crippen molar-refractivity contribution in [1.82, 2.24) is 20.0 Å². The number of nitrogen functional groups attached to an aromatic ring is 1. The van der Waals surface area contributed by atoms with E-state index in [0.29, 0.717) is 5.69 Å². The van der Waals surface area contributed by atoms with Gasteiger partial charge in [0.15, 0.2) is 5.69 Å². The van der Waals surface area contributed by atoms with E-state index >= 15 is 0 Å². The van der Waals surface area contributed by atoms with Crippen LogP contribution in [-0.2, 0) is 11.8 Å². The molecule has 0 saturated carbocycles. The molecule has 1 aromatic heterocycles. The number of carbonyl (C=O) groups is 2. The van der Waals surface area contributed by atoms with Crippen LogP contribution in [0.1, 0.15) is 31.3 Å². The summed E-state index contributed by atoms with van der Waals surface area (Å²) in [5.74, 6) is -0.597. The molecule has 0 aliphatic heterocycles. The van der Waals surface area contributed by atoms with E-state index in [1.807, 2.05) is 20.8 Å². The van der Waals surface area contributed by atoms with Gasteiger partial charge >= 0.3 is 0 Å². The van der Waals surface area contributed by atoms with Crippen LogP contribution < -0.4 is 11.1 Å². The van der Waals surface area contributed by atoms with Crippen molar-refractivity contribution in [3.63, 3.8) is 0 Å². The van der Waals surface area contributed by atoms with Gasteiger partial charge in [-0.2, -0.15) is 5.10 Å². The lowest BCUT2D eigenvalue weighted by Gasteiger charge is -2.23. The summed E-state index contributed by atoms with van der Waals surface area (Å²) in [6.45, 7) is 5.60. The molecule has 1 rings (SSSR count). The molecule has 0 radical (unpaired) electrons. The lowest BCUT2D eigenvalue weighted by Crippen LogP contribution is -2.46. The smallest absolute Gasteiger partial charge is 0.276 e. The van der Waals surface area contributed by atoms with Gasteiger partial charge in [0, 0.05) is 25.8 Å². The molecule has 19 heavy (non-hydrogen) atoms. The number of carbonyl (C=O) groups excluding carboxylic acids is 2. The van der Waals surface area contributed by atoms with Gasteiger partial charge in [-0.25, -0.2) is 0 Å². The zero-order valence-corrected chi connectivity index (χ0v) is 12.0. The maximum absolute atomic E-state index is 12.1. The molecule has 0 spiro atoms. The monoisotopic (exact) mass is 267 g/mol. The standard InChI is InChI=1S/C12H21N5O2/c1-12(2,3)14-9(18)7-16(4)11(19)10-8(13)6-17(5)15-10/h6H,7,13H2,1-5H3,(H,14,18). The van der Waals surface area contributed by atoms with Crippen LogP contribution in [0.2, 0.25) is 0 Å². The Bertz CT molecular complexity index is 487. The lowest BCUT2D eigenvalue weighted by molar-refractivity contribution is -0.122. The number of aromatic nitrogens is 2. The molecule has 7 heteroatoms. The SMILES string of the molecule is CN(CC(=O)NC(C)(C)C)C(=O)c1nn(C)cc1N. The molecule has 0 aliphatic carbocycles. The van der Waals surface area contributed by atoms with Crippen LogP contribution in [-0.4, -0.2) is 45.6 Å². The van der Waals surface area contributed by atoms with Crippen LogP contribution in [0.4, 0.5) is 5.69 Å². The summed E-state index contributed by atoms with van der Waals surface area (Å²) in [5.41, 5.74) is 5.82. The second-order valence-electron chi connectivity index (χ2n) is 5.57. The first-order valence-electron chi connectivity index (χ1n) is 5.96. The maximum atomic E-state index is 12.1. The predicted molar refractivity (Wildman–Crippen MR) is 72.5 cm³/mol. The van der Waals surface area contributed by atoms with Gasteiger partial charge in [0.25, 0.3) is 5.91 Å². The third-order valence-electron chi connectivity index (χ3n) is 2.30. The van der Waals surface area contributed by atoms with Crippen LogP contribution in [0.3, 0.4) is 0 Å². The van der Waals surface area contributed by atoms with E-state index < -0.39 is 0 Å². The number of amides is 2. The number of hydrogen-bond acceptors (Lipinski definition) is 4. The van der Waals surface area contributed by atoms with Crippen molar-refractivity contribution in [2.45, 2.75) is 26.3 Å². The average Bonchev–Trinajstić information content (AvgIpc) is 2.53. The van der Waals surface area contributed by atoms with E-state index in [-0.39, 0.29) is 29.6 Å². The molecule has 0 fully saturated rings. The van der Waals surface area contributed by atoms with Crippen LogP contribution in [0.5, 0.6) is 0 Å². The summed E-state index contributed by atoms with van der Waals surface area (Å²) >= 11 is 0. The van der Waals surface area contributed by atoms with Gasteiger partial charge in [-0.3, -0.25) is 14.3 Å². The van der Waals surface area contributed by atoms with Crippen molar-refractivity contribution in [3.8, 4) is 0 Å². The Balaban J connectivity index is 2.68. The predicted octanol–water partition coefficient (Wildman–Crippen LogP) is -0.0110. The number of likely N-dealkylation sites (N-methyl/N-ethyl adjacent to an activating group) is 1.